The van der Waals surface area contributed by atoms with Crippen LogP contribution in [0.15, 0.2) is 6.20 Å². The van der Waals surface area contributed by atoms with Crippen molar-refractivity contribution in [2.45, 2.75) is 65.9 Å². The fourth-order valence-electron chi connectivity index (χ4n) is 2.48. The van der Waals surface area contributed by atoms with Crippen LogP contribution in [0, 0.1) is 13.8 Å². The summed E-state index contributed by atoms with van der Waals surface area (Å²) in [5.41, 5.74) is 1.80. The Hall–Kier alpha value is -2.18. The summed E-state index contributed by atoms with van der Waals surface area (Å²) >= 11 is 0. The molecule has 0 spiro atoms. The number of nitrogens with zero attached hydrogens (tertiary/aromatic N) is 3. The van der Waals surface area contributed by atoms with Crippen LogP contribution in [0.25, 0.3) is 0 Å². The minimum absolute atomic E-state index is 0.175. The van der Waals surface area contributed by atoms with E-state index in [9.17, 15) is 9.59 Å². The Morgan fingerprint density at radius 1 is 1.27 bits per heavy atom. The van der Waals surface area contributed by atoms with Gasteiger partial charge < -0.3 is 14.4 Å². The fourth-order valence-corrected chi connectivity index (χ4v) is 2.48. The number of hydrogen-bond acceptors (Lipinski definition) is 6. The number of carbonyl (C=O) groups is 2. The van der Waals surface area contributed by atoms with Crippen molar-refractivity contribution < 1.29 is 19.1 Å². The molecule has 1 heterocycles. The molecule has 0 aliphatic carbocycles. The zero-order valence-electron chi connectivity index (χ0n) is 17.0. The molecule has 0 N–H and O–H groups in total. The van der Waals surface area contributed by atoms with Gasteiger partial charge in [-0.25, -0.2) is 4.79 Å². The lowest BCUT2D eigenvalue weighted by molar-refractivity contribution is -0.143. The molecule has 0 radical (unpaired) electrons. The van der Waals surface area contributed by atoms with Gasteiger partial charge in [0.2, 0.25) is 0 Å². The maximum absolute atomic E-state index is 12.1. The molecule has 0 saturated carbocycles. The van der Waals surface area contributed by atoms with Crippen molar-refractivity contribution in [1.29, 1.82) is 0 Å². The number of aryl methyl sites for hydroxylation is 2. The Morgan fingerprint density at radius 3 is 2.50 bits per heavy atom. The van der Waals surface area contributed by atoms with Gasteiger partial charge in [0.15, 0.2) is 0 Å². The van der Waals surface area contributed by atoms with Gasteiger partial charge in [0, 0.05) is 25.7 Å². The Bertz CT molecular complexity index is 626. The number of hydrogen-bond donors (Lipinski definition) is 0. The first-order valence-corrected chi connectivity index (χ1v) is 8.93. The molecule has 146 valence electrons. The molecule has 7 heteroatoms. The lowest BCUT2D eigenvalue weighted by Crippen LogP contribution is -2.35. The molecule has 1 atom stereocenters. The quantitative estimate of drug-likeness (QED) is 0.689. The van der Waals surface area contributed by atoms with Gasteiger partial charge in [-0.1, -0.05) is 0 Å². The van der Waals surface area contributed by atoms with E-state index in [-0.39, 0.29) is 24.4 Å². The number of rotatable bonds is 7. The maximum Gasteiger partial charge on any atom is 0.410 e. The molecule has 1 rings (SSSR count). The summed E-state index contributed by atoms with van der Waals surface area (Å²) in [7, 11) is 1.68. The third-order valence-electron chi connectivity index (χ3n) is 3.74. The fraction of sp³-hybridized carbons (Fsp3) is 0.684. The molecule has 26 heavy (non-hydrogen) atoms. The van der Waals surface area contributed by atoms with Crippen LogP contribution in [0.3, 0.4) is 0 Å². The van der Waals surface area contributed by atoms with E-state index in [1.54, 1.807) is 20.2 Å². The first-order chi connectivity index (χ1) is 12.0. The highest BCUT2D eigenvalue weighted by atomic mass is 16.6. The number of ether oxygens (including phenoxy) is 2. The minimum Gasteiger partial charge on any atom is -0.466 e. The first-order valence-electron chi connectivity index (χ1n) is 8.93. The highest BCUT2D eigenvalue weighted by molar-refractivity contribution is 5.70. The second-order valence-electron chi connectivity index (χ2n) is 7.38. The normalized spacial score (nSPS) is 12.4. The Kier molecular flexibility index (Phi) is 7.99. The molecule has 0 bridgehead atoms. The maximum atomic E-state index is 12.1. The summed E-state index contributed by atoms with van der Waals surface area (Å²) in [6.07, 6.45) is 2.08. The number of amides is 1. The second-order valence-corrected chi connectivity index (χ2v) is 7.38. The van der Waals surface area contributed by atoms with Gasteiger partial charge in [0.05, 0.1) is 30.1 Å². The van der Waals surface area contributed by atoms with Crippen molar-refractivity contribution in [3.05, 3.63) is 23.3 Å². The molecule has 0 fully saturated rings. The average Bonchev–Trinajstić information content (AvgIpc) is 2.52. The van der Waals surface area contributed by atoms with Gasteiger partial charge in [0.1, 0.15) is 5.60 Å². The summed E-state index contributed by atoms with van der Waals surface area (Å²) in [5.74, 6) is -0.452. The average molecular weight is 365 g/mol. The van der Waals surface area contributed by atoms with Crippen LogP contribution in [-0.2, 0) is 14.3 Å². The minimum atomic E-state index is -0.547. The Morgan fingerprint density at radius 2 is 1.92 bits per heavy atom. The predicted octanol–water partition coefficient (Wildman–Crippen LogP) is 3.39. The van der Waals surface area contributed by atoms with Gasteiger partial charge in [-0.3, -0.25) is 14.8 Å². The van der Waals surface area contributed by atoms with E-state index in [0.717, 1.165) is 17.1 Å². The molecule has 0 aliphatic rings. The van der Waals surface area contributed by atoms with E-state index < -0.39 is 5.60 Å². The van der Waals surface area contributed by atoms with E-state index in [4.69, 9.17) is 9.47 Å². The van der Waals surface area contributed by atoms with Crippen molar-refractivity contribution in [2.24, 2.45) is 0 Å². The third-order valence-corrected chi connectivity index (χ3v) is 3.74. The largest absolute Gasteiger partial charge is 0.466 e. The van der Waals surface area contributed by atoms with Crippen LogP contribution in [0.1, 0.15) is 63.5 Å². The molecule has 7 nitrogen and oxygen atoms in total. The molecule has 0 saturated heterocycles. The van der Waals surface area contributed by atoms with Gasteiger partial charge in [-0.05, 0) is 48.0 Å². The first kappa shape index (κ1) is 21.9. The predicted molar refractivity (Wildman–Crippen MR) is 99.0 cm³/mol. The van der Waals surface area contributed by atoms with Crippen LogP contribution < -0.4 is 0 Å². The van der Waals surface area contributed by atoms with Crippen molar-refractivity contribution in [3.8, 4) is 0 Å². The monoisotopic (exact) mass is 365 g/mol. The van der Waals surface area contributed by atoms with E-state index >= 15 is 0 Å². The summed E-state index contributed by atoms with van der Waals surface area (Å²) in [5, 5.41) is 0. The van der Waals surface area contributed by atoms with Gasteiger partial charge in [-0.15, -0.1) is 0 Å². The zero-order chi connectivity index (χ0) is 19.9. The lowest BCUT2D eigenvalue weighted by atomic mass is 9.95. The molecular formula is C19H31N3O4. The van der Waals surface area contributed by atoms with Gasteiger partial charge in [-0.2, -0.15) is 0 Å². The number of aromatic nitrogens is 2. The van der Waals surface area contributed by atoms with Crippen LogP contribution in [0.5, 0.6) is 0 Å². The molecule has 1 amide bonds. The van der Waals surface area contributed by atoms with Crippen LogP contribution in [0.4, 0.5) is 4.79 Å². The second kappa shape index (κ2) is 9.50. The standard InChI is InChI=1S/C19H31N3O4/c1-8-25-16(23)11-15(17-14(3)20-12-13(2)21-17)9-10-22(7)18(24)26-19(4,5)6/h12,15H,8-11H2,1-7H3. The summed E-state index contributed by atoms with van der Waals surface area (Å²) in [4.78, 5) is 34.6. The van der Waals surface area contributed by atoms with Crippen LogP contribution >= 0.6 is 0 Å². The summed E-state index contributed by atoms with van der Waals surface area (Å²) in [6.45, 7) is 11.8. The smallest absolute Gasteiger partial charge is 0.410 e. The Labute approximate surface area is 156 Å². The molecular weight excluding hydrogens is 334 g/mol. The summed E-state index contributed by atoms with van der Waals surface area (Å²) < 4.78 is 10.5. The molecule has 1 aromatic rings. The van der Waals surface area contributed by atoms with Crippen molar-refractivity contribution >= 4 is 12.1 Å². The van der Waals surface area contributed by atoms with Crippen LogP contribution in [-0.4, -0.2) is 52.7 Å². The molecule has 0 aliphatic heterocycles. The van der Waals surface area contributed by atoms with E-state index in [1.807, 2.05) is 34.6 Å². The van der Waals surface area contributed by atoms with Gasteiger partial charge in [0.25, 0.3) is 0 Å². The van der Waals surface area contributed by atoms with Crippen molar-refractivity contribution in [2.75, 3.05) is 20.2 Å². The highest BCUT2D eigenvalue weighted by Gasteiger charge is 2.24. The highest BCUT2D eigenvalue weighted by Crippen LogP contribution is 2.25. The van der Waals surface area contributed by atoms with Crippen molar-refractivity contribution in [3.63, 3.8) is 0 Å². The van der Waals surface area contributed by atoms with Crippen LogP contribution in [0.2, 0.25) is 0 Å². The Balaban J connectivity index is 2.87. The topological polar surface area (TPSA) is 81.6 Å². The molecule has 0 aromatic carbocycles. The molecule has 1 unspecified atom stereocenters. The SMILES string of the molecule is CCOC(=O)CC(CCN(C)C(=O)OC(C)(C)C)c1nc(C)cnc1C. The van der Waals surface area contributed by atoms with Crippen molar-refractivity contribution in [1.82, 2.24) is 14.9 Å². The zero-order valence-corrected chi connectivity index (χ0v) is 17.0. The number of esters is 1. The van der Waals surface area contributed by atoms with Gasteiger partial charge >= 0.3 is 12.1 Å². The summed E-state index contributed by atoms with van der Waals surface area (Å²) in [6, 6.07) is 0. The lowest BCUT2D eigenvalue weighted by Gasteiger charge is -2.26. The third kappa shape index (κ3) is 7.37. The van der Waals surface area contributed by atoms with E-state index in [2.05, 4.69) is 9.97 Å². The van der Waals surface area contributed by atoms with E-state index in [1.165, 1.54) is 4.90 Å². The number of carbonyl (C=O) groups excluding carboxylic acids is 2. The van der Waals surface area contributed by atoms with E-state index in [0.29, 0.717) is 19.6 Å². The molecule has 1 aromatic heterocycles.